The Labute approximate surface area is 157 Å². The van der Waals surface area contributed by atoms with E-state index in [-0.39, 0.29) is 12.5 Å². The smallest absolute Gasteiger partial charge is 0.182 e. The van der Waals surface area contributed by atoms with Gasteiger partial charge < -0.3 is 10.5 Å². The van der Waals surface area contributed by atoms with Gasteiger partial charge in [-0.15, -0.1) is 0 Å². The Balaban J connectivity index is 2.05. The lowest BCUT2D eigenvalue weighted by atomic mass is 10.0. The first-order chi connectivity index (χ1) is 11.9. The molecule has 134 valence electrons. The average molecular weight is 424 g/mol. The molecule has 0 amide bonds. The van der Waals surface area contributed by atoms with Crippen molar-refractivity contribution in [2.45, 2.75) is 23.0 Å². The zero-order valence-electron chi connectivity index (χ0n) is 14.3. The van der Waals surface area contributed by atoms with Crippen molar-refractivity contribution in [2.24, 2.45) is 11.1 Å². The van der Waals surface area contributed by atoms with Gasteiger partial charge in [-0.3, -0.25) is 0 Å². The van der Waals surface area contributed by atoms with Crippen LogP contribution in [0.3, 0.4) is 0 Å². The second-order valence-electron chi connectivity index (χ2n) is 6.68. The molecule has 25 heavy (non-hydrogen) atoms. The molecule has 0 unspecified atom stereocenters. The number of halogens is 1. The van der Waals surface area contributed by atoms with Gasteiger partial charge in [-0.1, -0.05) is 45.8 Å². The second-order valence-corrected chi connectivity index (χ2v) is 9.66. The van der Waals surface area contributed by atoms with E-state index in [1.54, 1.807) is 19.2 Å². The second kappa shape index (κ2) is 6.83. The lowest BCUT2D eigenvalue weighted by molar-refractivity contribution is 0.142. The predicted molar refractivity (Wildman–Crippen MR) is 102 cm³/mol. The van der Waals surface area contributed by atoms with E-state index in [2.05, 4.69) is 15.9 Å². The molecule has 0 aromatic heterocycles. The maximum Gasteiger partial charge on any atom is 0.182 e. The Hall–Kier alpha value is -1.21. The van der Waals surface area contributed by atoms with Crippen LogP contribution in [-0.4, -0.2) is 33.9 Å². The minimum atomic E-state index is -3.50. The summed E-state index contributed by atoms with van der Waals surface area (Å²) in [5, 5.41) is -0.575. The summed E-state index contributed by atoms with van der Waals surface area (Å²) in [5.41, 5.74) is 7.46. The van der Waals surface area contributed by atoms with Crippen LogP contribution in [-0.2, 0) is 14.6 Å². The molecule has 0 aliphatic heterocycles. The van der Waals surface area contributed by atoms with Crippen LogP contribution in [0.25, 0.3) is 0 Å². The van der Waals surface area contributed by atoms with E-state index in [4.69, 9.17) is 10.5 Å². The van der Waals surface area contributed by atoms with Gasteiger partial charge in [0.15, 0.2) is 9.84 Å². The number of ether oxygens (including phenoxy) is 1. The Morgan fingerprint density at radius 3 is 2.24 bits per heavy atom. The maximum absolute atomic E-state index is 13.3. The van der Waals surface area contributed by atoms with E-state index >= 15 is 0 Å². The normalized spacial score (nSPS) is 25.8. The van der Waals surface area contributed by atoms with E-state index in [1.807, 2.05) is 43.3 Å². The van der Waals surface area contributed by atoms with Gasteiger partial charge in [0.05, 0.1) is 16.8 Å². The van der Waals surface area contributed by atoms with Gasteiger partial charge in [-0.05, 0) is 36.8 Å². The van der Waals surface area contributed by atoms with Crippen LogP contribution in [0.5, 0.6) is 0 Å². The number of hydrogen-bond acceptors (Lipinski definition) is 4. The van der Waals surface area contributed by atoms with E-state index in [0.29, 0.717) is 11.5 Å². The van der Waals surface area contributed by atoms with E-state index in [1.165, 1.54) is 0 Å². The Bertz CT molecular complexity index is 849. The molecule has 0 heterocycles. The summed E-state index contributed by atoms with van der Waals surface area (Å²) in [6, 6.07) is 14.8. The maximum atomic E-state index is 13.3. The highest BCUT2D eigenvalue weighted by Gasteiger charge is 2.70. The topological polar surface area (TPSA) is 69.4 Å². The molecule has 1 saturated carbocycles. The molecule has 1 aliphatic rings. The third-order valence-electron chi connectivity index (χ3n) is 5.09. The molecular weight excluding hydrogens is 402 g/mol. The lowest BCUT2D eigenvalue weighted by Crippen LogP contribution is -2.28. The summed E-state index contributed by atoms with van der Waals surface area (Å²) in [6.45, 7) is 2.52. The number of aryl methyl sites for hydroxylation is 1. The van der Waals surface area contributed by atoms with Crippen molar-refractivity contribution in [1.29, 1.82) is 0 Å². The van der Waals surface area contributed by atoms with E-state index in [0.717, 1.165) is 15.6 Å². The van der Waals surface area contributed by atoms with Crippen LogP contribution >= 0.6 is 15.9 Å². The number of nitrogens with two attached hydrogens (primary N) is 1. The van der Waals surface area contributed by atoms with E-state index < -0.39 is 20.5 Å². The van der Waals surface area contributed by atoms with Gasteiger partial charge in [0.1, 0.15) is 0 Å². The standard InChI is InChI=1S/C19H22BrNO3S/c1-13-3-9-16(10-4-13)25(22,23)18-17(19(18,11-21)12-24-2)14-5-7-15(20)8-6-14/h3-10,17-18H,11-12,21H2,1-2H3/t17-,18+,19+/m0/s1. The summed E-state index contributed by atoms with van der Waals surface area (Å²) < 4.78 is 32.9. The molecule has 0 saturated heterocycles. The fourth-order valence-electron chi connectivity index (χ4n) is 3.74. The molecule has 3 rings (SSSR count). The molecule has 1 aliphatic carbocycles. The molecular formula is C19H22BrNO3S. The zero-order chi connectivity index (χ0) is 18.2. The van der Waals surface area contributed by atoms with Crippen molar-refractivity contribution in [3.8, 4) is 0 Å². The Morgan fingerprint density at radius 2 is 1.72 bits per heavy atom. The van der Waals surface area contributed by atoms with Crippen molar-refractivity contribution in [2.75, 3.05) is 20.3 Å². The van der Waals surface area contributed by atoms with Crippen LogP contribution < -0.4 is 5.73 Å². The Morgan fingerprint density at radius 1 is 1.12 bits per heavy atom. The van der Waals surface area contributed by atoms with Gasteiger partial charge in [0.25, 0.3) is 0 Å². The van der Waals surface area contributed by atoms with Crippen molar-refractivity contribution < 1.29 is 13.2 Å². The number of rotatable bonds is 6. The first-order valence-electron chi connectivity index (χ1n) is 8.12. The summed E-state index contributed by atoms with van der Waals surface area (Å²) in [4.78, 5) is 0.344. The molecule has 0 spiro atoms. The number of sulfone groups is 1. The number of benzene rings is 2. The lowest BCUT2D eigenvalue weighted by Gasteiger charge is -2.15. The highest BCUT2D eigenvalue weighted by molar-refractivity contribution is 9.10. The Kier molecular flexibility index (Phi) is 5.08. The molecule has 1 fully saturated rings. The van der Waals surface area contributed by atoms with Gasteiger partial charge in [0.2, 0.25) is 0 Å². The molecule has 0 radical (unpaired) electrons. The molecule has 2 aromatic carbocycles. The van der Waals surface area contributed by atoms with Gasteiger partial charge >= 0.3 is 0 Å². The van der Waals surface area contributed by atoms with Crippen LogP contribution in [0.2, 0.25) is 0 Å². The molecule has 4 nitrogen and oxygen atoms in total. The zero-order valence-corrected chi connectivity index (χ0v) is 16.7. The van der Waals surface area contributed by atoms with Gasteiger partial charge in [-0.25, -0.2) is 8.42 Å². The van der Waals surface area contributed by atoms with Gasteiger partial charge in [0, 0.05) is 29.5 Å². The third kappa shape index (κ3) is 3.16. The quantitative estimate of drug-likeness (QED) is 0.773. The summed E-state index contributed by atoms with van der Waals surface area (Å²) in [5.74, 6) is -0.170. The number of methoxy groups -OCH3 is 1. The molecule has 0 bridgehead atoms. The monoisotopic (exact) mass is 423 g/mol. The predicted octanol–water partition coefficient (Wildman–Crippen LogP) is 3.29. The summed E-state index contributed by atoms with van der Waals surface area (Å²) in [6.07, 6.45) is 0. The first-order valence-corrected chi connectivity index (χ1v) is 10.5. The largest absolute Gasteiger partial charge is 0.384 e. The van der Waals surface area contributed by atoms with Crippen molar-refractivity contribution in [1.82, 2.24) is 0 Å². The molecule has 3 atom stereocenters. The van der Waals surface area contributed by atoms with Crippen LogP contribution in [0.15, 0.2) is 57.9 Å². The van der Waals surface area contributed by atoms with Gasteiger partial charge in [-0.2, -0.15) is 0 Å². The van der Waals surface area contributed by atoms with Crippen LogP contribution in [0, 0.1) is 12.3 Å². The highest BCUT2D eigenvalue weighted by Crippen LogP contribution is 2.63. The minimum Gasteiger partial charge on any atom is -0.384 e. The van der Waals surface area contributed by atoms with Crippen molar-refractivity contribution >= 4 is 25.8 Å². The average Bonchev–Trinajstić information content (AvgIpc) is 3.26. The fraction of sp³-hybridized carbons (Fsp3) is 0.368. The SMILES string of the molecule is COC[C@@]1(CN)[C@H](S(=O)(=O)c2ccc(C)cc2)[C@@H]1c1ccc(Br)cc1. The molecule has 2 N–H and O–H groups in total. The van der Waals surface area contributed by atoms with Crippen molar-refractivity contribution in [3.05, 3.63) is 64.1 Å². The summed E-state index contributed by atoms with van der Waals surface area (Å²) >= 11 is 3.42. The first kappa shape index (κ1) is 18.6. The van der Waals surface area contributed by atoms with Crippen LogP contribution in [0.1, 0.15) is 17.0 Å². The minimum absolute atomic E-state index is 0.170. The third-order valence-corrected chi connectivity index (χ3v) is 7.95. The van der Waals surface area contributed by atoms with Crippen molar-refractivity contribution in [3.63, 3.8) is 0 Å². The van der Waals surface area contributed by atoms with E-state index in [9.17, 15) is 8.42 Å². The molecule has 6 heteroatoms. The van der Waals surface area contributed by atoms with Crippen LogP contribution in [0.4, 0.5) is 0 Å². The molecule has 2 aromatic rings. The number of hydrogen-bond donors (Lipinski definition) is 1. The fourth-order valence-corrected chi connectivity index (χ4v) is 6.45. The summed E-state index contributed by atoms with van der Waals surface area (Å²) in [7, 11) is -1.92. The highest BCUT2D eigenvalue weighted by atomic mass is 79.9.